The van der Waals surface area contributed by atoms with Gasteiger partial charge in [0.25, 0.3) is 0 Å². The van der Waals surface area contributed by atoms with Gasteiger partial charge in [-0.25, -0.2) is 4.98 Å². The molecular formula is C20H21F3N2O2. The number of hydrogen-bond acceptors (Lipinski definition) is 3. The van der Waals surface area contributed by atoms with Gasteiger partial charge in [-0.2, -0.15) is 13.2 Å². The molecule has 0 atom stereocenters. The van der Waals surface area contributed by atoms with E-state index in [9.17, 15) is 18.0 Å². The molecule has 1 aromatic heterocycles. The van der Waals surface area contributed by atoms with E-state index in [4.69, 9.17) is 4.74 Å². The molecule has 1 aliphatic heterocycles. The molecule has 0 bridgehead atoms. The van der Waals surface area contributed by atoms with Crippen LogP contribution < -0.4 is 4.74 Å². The third-order valence-corrected chi connectivity index (χ3v) is 4.50. The first kappa shape index (κ1) is 19.2. The smallest absolute Gasteiger partial charge is 0.421 e. The van der Waals surface area contributed by atoms with Crippen molar-refractivity contribution in [3.63, 3.8) is 0 Å². The molecule has 4 nitrogen and oxygen atoms in total. The lowest BCUT2D eigenvalue weighted by molar-refractivity contribution is -0.145. The van der Waals surface area contributed by atoms with Crippen molar-refractivity contribution in [1.29, 1.82) is 0 Å². The first-order valence-corrected chi connectivity index (χ1v) is 8.94. The van der Waals surface area contributed by atoms with Crippen LogP contribution in [0.15, 0.2) is 48.7 Å². The number of alkyl halides is 3. The predicted molar refractivity (Wildman–Crippen MR) is 94.2 cm³/mol. The summed E-state index contributed by atoms with van der Waals surface area (Å²) in [4.78, 5) is 17.4. The SMILES string of the molecule is O=C(CCCCc1ccccc1)N1CC(Oc2ncccc2C(F)(F)F)C1. The summed E-state index contributed by atoms with van der Waals surface area (Å²) in [6.07, 6.45) is -0.619. The molecule has 2 heterocycles. The minimum atomic E-state index is -4.51. The Balaban J connectivity index is 1.39. The molecule has 144 valence electrons. The highest BCUT2D eigenvalue weighted by Gasteiger charge is 2.38. The number of benzene rings is 1. The lowest BCUT2D eigenvalue weighted by Crippen LogP contribution is -2.56. The van der Waals surface area contributed by atoms with Gasteiger partial charge in [0.2, 0.25) is 11.8 Å². The van der Waals surface area contributed by atoms with E-state index in [0.29, 0.717) is 19.5 Å². The first-order valence-electron chi connectivity index (χ1n) is 8.94. The Hall–Kier alpha value is -2.57. The van der Waals surface area contributed by atoms with E-state index in [2.05, 4.69) is 17.1 Å². The molecule has 1 saturated heterocycles. The van der Waals surface area contributed by atoms with Gasteiger partial charge in [-0.1, -0.05) is 30.3 Å². The standard InChI is InChI=1S/C20H21F3N2O2/c21-20(22,23)17-10-6-12-24-19(17)27-16-13-25(14-16)18(26)11-5-4-9-15-7-2-1-3-8-15/h1-3,6-8,10,12,16H,4-5,9,11,13-14H2. The number of unbranched alkanes of at least 4 members (excludes halogenated alkanes) is 1. The average Bonchev–Trinajstić information content (AvgIpc) is 2.61. The van der Waals surface area contributed by atoms with Crippen LogP contribution in [-0.4, -0.2) is 35.0 Å². The molecule has 3 rings (SSSR count). The number of pyridine rings is 1. The van der Waals surface area contributed by atoms with Gasteiger partial charge in [0.1, 0.15) is 11.7 Å². The minimum absolute atomic E-state index is 0.0139. The Kier molecular flexibility index (Phi) is 5.98. The Bertz CT molecular complexity index is 759. The molecule has 0 radical (unpaired) electrons. The highest BCUT2D eigenvalue weighted by Crippen LogP contribution is 2.35. The topological polar surface area (TPSA) is 42.4 Å². The number of carbonyl (C=O) groups is 1. The maximum Gasteiger partial charge on any atom is 0.421 e. The highest BCUT2D eigenvalue weighted by atomic mass is 19.4. The molecule has 0 N–H and O–H groups in total. The van der Waals surface area contributed by atoms with Crippen LogP contribution in [0, 0.1) is 0 Å². The fourth-order valence-electron chi connectivity index (χ4n) is 2.98. The number of carbonyl (C=O) groups excluding carboxylic acids is 1. The molecule has 1 aromatic carbocycles. The molecule has 0 saturated carbocycles. The molecule has 1 amide bonds. The van der Waals surface area contributed by atoms with Crippen LogP contribution in [0.4, 0.5) is 13.2 Å². The van der Waals surface area contributed by atoms with Gasteiger partial charge in [0.15, 0.2) is 0 Å². The van der Waals surface area contributed by atoms with Crippen LogP contribution in [0.25, 0.3) is 0 Å². The zero-order valence-corrected chi connectivity index (χ0v) is 14.8. The normalized spacial score (nSPS) is 14.7. The van der Waals surface area contributed by atoms with E-state index in [1.165, 1.54) is 17.8 Å². The van der Waals surface area contributed by atoms with Crippen molar-refractivity contribution in [2.24, 2.45) is 0 Å². The van der Waals surface area contributed by atoms with E-state index in [0.717, 1.165) is 25.3 Å². The number of likely N-dealkylation sites (tertiary alicyclic amines) is 1. The largest absolute Gasteiger partial charge is 0.470 e. The monoisotopic (exact) mass is 378 g/mol. The molecule has 27 heavy (non-hydrogen) atoms. The number of rotatable bonds is 7. The minimum Gasteiger partial charge on any atom is -0.470 e. The zero-order valence-electron chi connectivity index (χ0n) is 14.8. The second-order valence-corrected chi connectivity index (χ2v) is 6.59. The van der Waals surface area contributed by atoms with Crippen molar-refractivity contribution in [3.8, 4) is 5.88 Å². The van der Waals surface area contributed by atoms with Crippen molar-refractivity contribution >= 4 is 5.91 Å². The van der Waals surface area contributed by atoms with Gasteiger partial charge in [0.05, 0.1) is 13.1 Å². The molecule has 1 fully saturated rings. The van der Waals surface area contributed by atoms with Crippen LogP contribution in [0.1, 0.15) is 30.4 Å². The van der Waals surface area contributed by atoms with Crippen molar-refractivity contribution < 1.29 is 22.7 Å². The quantitative estimate of drug-likeness (QED) is 0.681. The number of aromatic nitrogens is 1. The number of amides is 1. The van der Waals surface area contributed by atoms with Crippen molar-refractivity contribution in [2.75, 3.05) is 13.1 Å². The van der Waals surface area contributed by atoms with E-state index >= 15 is 0 Å². The Labute approximate surface area is 156 Å². The third kappa shape index (κ3) is 5.21. The van der Waals surface area contributed by atoms with Gasteiger partial charge in [-0.05, 0) is 37.0 Å². The van der Waals surface area contributed by atoms with E-state index in [-0.39, 0.29) is 5.91 Å². The van der Waals surface area contributed by atoms with E-state index < -0.39 is 23.7 Å². The van der Waals surface area contributed by atoms with Crippen LogP contribution in [-0.2, 0) is 17.4 Å². The fourth-order valence-corrected chi connectivity index (χ4v) is 2.98. The summed E-state index contributed by atoms with van der Waals surface area (Å²) in [5.41, 5.74) is 0.355. The summed E-state index contributed by atoms with van der Waals surface area (Å²) in [5, 5.41) is 0. The van der Waals surface area contributed by atoms with Crippen LogP contribution >= 0.6 is 0 Å². The second kappa shape index (κ2) is 8.41. The van der Waals surface area contributed by atoms with Gasteiger partial charge in [0, 0.05) is 12.6 Å². The van der Waals surface area contributed by atoms with Crippen molar-refractivity contribution in [1.82, 2.24) is 9.88 Å². The number of nitrogens with zero attached hydrogens (tertiary/aromatic N) is 2. The molecule has 7 heteroatoms. The maximum atomic E-state index is 12.9. The lowest BCUT2D eigenvalue weighted by Gasteiger charge is -2.39. The average molecular weight is 378 g/mol. The molecular weight excluding hydrogens is 357 g/mol. The number of halogens is 3. The van der Waals surface area contributed by atoms with Crippen molar-refractivity contribution in [2.45, 2.75) is 38.0 Å². The highest BCUT2D eigenvalue weighted by molar-refractivity contribution is 5.77. The summed E-state index contributed by atoms with van der Waals surface area (Å²) in [6.45, 7) is 0.594. The van der Waals surface area contributed by atoms with E-state index in [1.807, 2.05) is 18.2 Å². The summed E-state index contributed by atoms with van der Waals surface area (Å²) in [7, 11) is 0. The Morgan fingerprint density at radius 1 is 1.11 bits per heavy atom. The molecule has 0 unspecified atom stereocenters. The maximum absolute atomic E-state index is 12.9. The van der Waals surface area contributed by atoms with Crippen molar-refractivity contribution in [3.05, 3.63) is 59.8 Å². The molecule has 0 spiro atoms. The Morgan fingerprint density at radius 2 is 1.85 bits per heavy atom. The van der Waals surface area contributed by atoms with Gasteiger partial charge >= 0.3 is 6.18 Å². The predicted octanol–water partition coefficient (Wildman–Crippen LogP) is 4.10. The molecule has 2 aromatic rings. The number of aryl methyl sites for hydroxylation is 1. The molecule has 0 aliphatic carbocycles. The molecule has 1 aliphatic rings. The van der Waals surface area contributed by atoms with Gasteiger partial charge in [-0.15, -0.1) is 0 Å². The Morgan fingerprint density at radius 3 is 2.56 bits per heavy atom. The number of hydrogen-bond donors (Lipinski definition) is 0. The lowest BCUT2D eigenvalue weighted by atomic mass is 10.1. The van der Waals surface area contributed by atoms with Crippen LogP contribution in [0.5, 0.6) is 5.88 Å². The van der Waals surface area contributed by atoms with Gasteiger partial charge < -0.3 is 9.64 Å². The van der Waals surface area contributed by atoms with Crippen LogP contribution in [0.2, 0.25) is 0 Å². The summed E-state index contributed by atoms with van der Waals surface area (Å²) < 4.78 is 44.2. The third-order valence-electron chi connectivity index (χ3n) is 4.50. The van der Waals surface area contributed by atoms with Crippen LogP contribution in [0.3, 0.4) is 0 Å². The zero-order chi connectivity index (χ0) is 19.3. The fraction of sp³-hybridized carbons (Fsp3) is 0.400. The summed E-state index contributed by atoms with van der Waals surface area (Å²) in [6, 6.07) is 12.2. The second-order valence-electron chi connectivity index (χ2n) is 6.59. The summed E-state index contributed by atoms with van der Waals surface area (Å²) in [5.74, 6) is -0.412. The van der Waals surface area contributed by atoms with E-state index in [1.54, 1.807) is 4.90 Å². The first-order chi connectivity index (χ1) is 12.9. The summed E-state index contributed by atoms with van der Waals surface area (Å²) >= 11 is 0. The van der Waals surface area contributed by atoms with Gasteiger partial charge in [-0.3, -0.25) is 4.79 Å². The number of ether oxygens (including phenoxy) is 1.